The lowest BCUT2D eigenvalue weighted by atomic mass is 9.86. The van der Waals surface area contributed by atoms with Gasteiger partial charge in [0.2, 0.25) is 0 Å². The van der Waals surface area contributed by atoms with Gasteiger partial charge in [-0.15, -0.1) is 0 Å². The molecule has 1 aliphatic carbocycles. The molecule has 3 aromatic carbocycles. The van der Waals surface area contributed by atoms with Crippen LogP contribution in [0.3, 0.4) is 0 Å². The van der Waals surface area contributed by atoms with Crippen LogP contribution in [0.25, 0.3) is 32.6 Å². The summed E-state index contributed by atoms with van der Waals surface area (Å²) in [5, 5.41) is 6.78. The van der Waals surface area contributed by atoms with Gasteiger partial charge in [-0.25, -0.2) is 9.97 Å². The van der Waals surface area contributed by atoms with Gasteiger partial charge in [0.1, 0.15) is 0 Å². The largest absolute Gasteiger partial charge is 0.237 e. The first-order chi connectivity index (χ1) is 14.3. The van der Waals surface area contributed by atoms with Crippen LogP contribution in [-0.4, -0.2) is 9.97 Å². The molecule has 0 bridgehead atoms. The SMILES string of the molecule is Ic1cc2ccccc2c2ccc3c(c12)CCCC3.c1cnc2ncccc2c1. The Bertz CT molecular complexity index is 1260. The third-order valence-corrected chi connectivity index (χ3v) is 6.53. The number of benzene rings is 3. The molecule has 142 valence electrons. The highest BCUT2D eigenvalue weighted by molar-refractivity contribution is 14.1. The topological polar surface area (TPSA) is 25.8 Å². The Labute approximate surface area is 184 Å². The van der Waals surface area contributed by atoms with Gasteiger partial charge < -0.3 is 0 Å². The molecule has 2 heterocycles. The summed E-state index contributed by atoms with van der Waals surface area (Å²) in [7, 11) is 0. The minimum atomic E-state index is 0.810. The lowest BCUT2D eigenvalue weighted by Crippen LogP contribution is -2.04. The van der Waals surface area contributed by atoms with Gasteiger partial charge in [0.25, 0.3) is 0 Å². The van der Waals surface area contributed by atoms with Gasteiger partial charge in [0.05, 0.1) is 0 Å². The molecule has 0 N–H and O–H groups in total. The molecule has 0 fully saturated rings. The van der Waals surface area contributed by atoms with Crippen LogP contribution in [0.5, 0.6) is 0 Å². The van der Waals surface area contributed by atoms with E-state index in [1.807, 2.05) is 24.3 Å². The average molecular weight is 488 g/mol. The predicted octanol–water partition coefficient (Wildman–Crippen LogP) is 7.11. The fourth-order valence-corrected chi connectivity index (χ4v) is 5.26. The van der Waals surface area contributed by atoms with Crippen LogP contribution in [0.2, 0.25) is 0 Å². The molecule has 3 heteroatoms. The van der Waals surface area contributed by atoms with Gasteiger partial charge in [-0.1, -0.05) is 36.4 Å². The first-order valence-corrected chi connectivity index (χ1v) is 11.2. The Balaban J connectivity index is 0.000000153. The second-order valence-corrected chi connectivity index (χ2v) is 8.63. The predicted molar refractivity (Wildman–Crippen MR) is 130 cm³/mol. The molecule has 29 heavy (non-hydrogen) atoms. The standard InChI is InChI=1S/C18H15I.C8H6N2/c19-17-11-13-6-2-3-7-14(13)16-10-9-12-5-1-4-8-15(12)18(16)17;1-3-7-4-2-6-10-8(7)9-5-1/h2-3,6-7,9-11H,1,4-5,8H2;1-6H. The molecule has 2 aromatic heterocycles. The molecule has 0 radical (unpaired) electrons. The smallest absolute Gasteiger partial charge is 0.159 e. The fraction of sp³-hybridized carbons (Fsp3) is 0.154. The zero-order chi connectivity index (χ0) is 19.6. The molecule has 2 nitrogen and oxygen atoms in total. The highest BCUT2D eigenvalue weighted by atomic mass is 127. The van der Waals surface area contributed by atoms with E-state index in [4.69, 9.17) is 0 Å². The second-order valence-electron chi connectivity index (χ2n) is 7.47. The van der Waals surface area contributed by atoms with E-state index >= 15 is 0 Å². The Kier molecular flexibility index (Phi) is 5.15. The van der Waals surface area contributed by atoms with Crippen molar-refractivity contribution < 1.29 is 0 Å². The number of hydrogen-bond acceptors (Lipinski definition) is 2. The molecule has 6 rings (SSSR count). The molecular formula is C26H21IN2. The van der Waals surface area contributed by atoms with Gasteiger partial charge in [0, 0.05) is 21.4 Å². The fourth-order valence-electron chi connectivity index (χ4n) is 4.31. The molecule has 0 amide bonds. The maximum atomic E-state index is 4.07. The maximum Gasteiger partial charge on any atom is 0.159 e. The molecule has 0 aliphatic heterocycles. The van der Waals surface area contributed by atoms with E-state index in [-0.39, 0.29) is 0 Å². The van der Waals surface area contributed by atoms with Crippen molar-refractivity contribution in [1.29, 1.82) is 0 Å². The molecule has 0 unspecified atom stereocenters. The Morgan fingerprint density at radius 3 is 2.21 bits per heavy atom. The highest BCUT2D eigenvalue weighted by Gasteiger charge is 2.15. The minimum absolute atomic E-state index is 0.810. The van der Waals surface area contributed by atoms with Crippen LogP contribution < -0.4 is 0 Å². The summed E-state index contributed by atoms with van der Waals surface area (Å²) in [6, 6.07) is 23.6. The van der Waals surface area contributed by atoms with Crippen molar-refractivity contribution >= 4 is 55.2 Å². The first kappa shape index (κ1) is 18.5. The Morgan fingerprint density at radius 1 is 0.690 bits per heavy atom. The molecule has 5 aromatic rings. The maximum absolute atomic E-state index is 4.07. The number of rotatable bonds is 0. The van der Waals surface area contributed by atoms with Crippen molar-refractivity contribution in [3.05, 3.63) is 93.8 Å². The van der Waals surface area contributed by atoms with Crippen molar-refractivity contribution in [2.45, 2.75) is 25.7 Å². The number of aromatic nitrogens is 2. The molecule has 0 saturated carbocycles. The summed E-state index contributed by atoms with van der Waals surface area (Å²) in [5.41, 5.74) is 4.00. The van der Waals surface area contributed by atoms with Crippen LogP contribution in [0.4, 0.5) is 0 Å². The van der Waals surface area contributed by atoms with Gasteiger partial charge in [-0.3, -0.25) is 0 Å². The third kappa shape index (κ3) is 3.60. The normalized spacial score (nSPS) is 13.1. The quantitative estimate of drug-likeness (QED) is 0.172. The third-order valence-electron chi connectivity index (χ3n) is 5.68. The summed E-state index contributed by atoms with van der Waals surface area (Å²) in [4.78, 5) is 8.14. The first-order valence-electron chi connectivity index (χ1n) is 10.1. The summed E-state index contributed by atoms with van der Waals surface area (Å²) in [5.74, 6) is 0. The number of hydrogen-bond donors (Lipinski definition) is 0. The summed E-state index contributed by atoms with van der Waals surface area (Å²) in [6.07, 6.45) is 8.69. The summed E-state index contributed by atoms with van der Waals surface area (Å²) < 4.78 is 1.41. The van der Waals surface area contributed by atoms with Crippen molar-refractivity contribution in [1.82, 2.24) is 9.97 Å². The zero-order valence-corrected chi connectivity index (χ0v) is 18.3. The van der Waals surface area contributed by atoms with E-state index in [9.17, 15) is 0 Å². The molecule has 1 aliphatic rings. The zero-order valence-electron chi connectivity index (χ0n) is 16.1. The van der Waals surface area contributed by atoms with E-state index in [2.05, 4.69) is 75.0 Å². The van der Waals surface area contributed by atoms with Crippen LogP contribution in [0.15, 0.2) is 79.1 Å². The number of nitrogens with zero attached hydrogens (tertiary/aromatic N) is 2. The van der Waals surface area contributed by atoms with Crippen molar-refractivity contribution in [3.63, 3.8) is 0 Å². The van der Waals surface area contributed by atoms with E-state index in [1.54, 1.807) is 23.5 Å². The Morgan fingerprint density at radius 2 is 1.41 bits per heavy atom. The van der Waals surface area contributed by atoms with Crippen LogP contribution in [0.1, 0.15) is 24.0 Å². The molecule has 0 spiro atoms. The summed E-state index contributed by atoms with van der Waals surface area (Å²) >= 11 is 2.51. The van der Waals surface area contributed by atoms with Gasteiger partial charge in [0.15, 0.2) is 5.65 Å². The summed E-state index contributed by atoms with van der Waals surface area (Å²) in [6.45, 7) is 0. The van der Waals surface area contributed by atoms with Gasteiger partial charge >= 0.3 is 0 Å². The molecular weight excluding hydrogens is 467 g/mol. The van der Waals surface area contributed by atoms with Crippen molar-refractivity contribution in [2.24, 2.45) is 0 Å². The van der Waals surface area contributed by atoms with E-state index in [1.165, 1.54) is 50.8 Å². The van der Waals surface area contributed by atoms with Crippen molar-refractivity contribution in [2.75, 3.05) is 0 Å². The number of aryl methyl sites for hydroxylation is 2. The van der Waals surface area contributed by atoms with E-state index < -0.39 is 0 Å². The number of fused-ring (bicyclic) bond motifs is 6. The highest BCUT2D eigenvalue weighted by Crippen LogP contribution is 2.36. The Hall–Kier alpha value is -2.53. The van der Waals surface area contributed by atoms with Gasteiger partial charge in [-0.2, -0.15) is 0 Å². The van der Waals surface area contributed by atoms with Crippen LogP contribution >= 0.6 is 22.6 Å². The van der Waals surface area contributed by atoms with Crippen molar-refractivity contribution in [3.8, 4) is 0 Å². The number of pyridine rings is 2. The average Bonchev–Trinajstić information content (AvgIpc) is 2.79. The molecule has 0 atom stereocenters. The van der Waals surface area contributed by atoms with Gasteiger partial charge in [-0.05, 0) is 111 Å². The lowest BCUT2D eigenvalue weighted by Gasteiger charge is -2.19. The van der Waals surface area contributed by atoms with Crippen LogP contribution in [-0.2, 0) is 12.8 Å². The van der Waals surface area contributed by atoms with Crippen LogP contribution in [0, 0.1) is 3.57 Å². The number of halogens is 1. The monoisotopic (exact) mass is 488 g/mol. The van der Waals surface area contributed by atoms with E-state index in [0.29, 0.717) is 0 Å². The minimum Gasteiger partial charge on any atom is -0.237 e. The second kappa shape index (κ2) is 8.07. The van der Waals surface area contributed by atoms with E-state index in [0.717, 1.165) is 11.0 Å². The lowest BCUT2D eigenvalue weighted by molar-refractivity contribution is 0.690. The molecule has 0 saturated heterocycles.